The Morgan fingerprint density at radius 1 is 1.18 bits per heavy atom. The van der Waals surface area contributed by atoms with E-state index < -0.39 is 53.6 Å². The zero-order valence-electron chi connectivity index (χ0n) is 20.6. The second-order valence-corrected chi connectivity index (χ2v) is 12.9. The van der Waals surface area contributed by atoms with Crippen LogP contribution in [0.2, 0.25) is 0 Å². The van der Waals surface area contributed by atoms with Gasteiger partial charge >= 0.3 is 14.0 Å². The molecule has 0 spiro atoms. The number of nitrogens with one attached hydrogen (secondary N) is 1. The highest BCUT2D eigenvalue weighted by Crippen LogP contribution is 2.53. The Kier molecular flexibility index (Phi) is 7.90. The first kappa shape index (κ1) is 29.8. The van der Waals surface area contributed by atoms with Crippen LogP contribution in [-0.4, -0.2) is 51.6 Å². The van der Waals surface area contributed by atoms with Crippen LogP contribution < -0.4 is 5.73 Å². The number of aromatic nitrogens is 2. The number of benzene rings is 1. The molecule has 0 unspecified atom stereocenters. The summed E-state index contributed by atoms with van der Waals surface area (Å²) < 4.78 is 85.0. The lowest BCUT2D eigenvalue weighted by atomic mass is 9.72. The van der Waals surface area contributed by atoms with Gasteiger partial charge in [0.05, 0.1) is 17.5 Å². The van der Waals surface area contributed by atoms with E-state index in [2.05, 4.69) is 14.5 Å². The summed E-state index contributed by atoms with van der Waals surface area (Å²) >= 11 is 0. The van der Waals surface area contributed by atoms with E-state index in [9.17, 15) is 40.7 Å². The fourth-order valence-corrected chi connectivity index (χ4v) is 6.00. The quantitative estimate of drug-likeness (QED) is 0.264. The van der Waals surface area contributed by atoms with Crippen molar-refractivity contribution in [2.24, 2.45) is 5.73 Å². The number of primary amides is 1. The maximum Gasteiger partial charge on any atom is 0.470 e. The van der Waals surface area contributed by atoms with Crippen molar-refractivity contribution in [1.29, 1.82) is 0 Å². The fraction of sp³-hybridized carbons (Fsp3) is 0.391. The highest BCUT2D eigenvalue weighted by molar-refractivity contribution is 7.91. The highest BCUT2D eigenvalue weighted by Gasteiger charge is 2.61. The number of hydrogen-bond donors (Lipinski definition) is 4. The average Bonchev–Trinajstić information content (AvgIpc) is 3.18. The van der Waals surface area contributed by atoms with Crippen molar-refractivity contribution in [1.82, 2.24) is 9.97 Å². The second-order valence-electron chi connectivity index (χ2n) is 9.53. The van der Waals surface area contributed by atoms with Gasteiger partial charge in [-0.15, -0.1) is 0 Å². The standard InChI is InChI=1S/C23H27F3N3O7PS/c1-4-38(34,35)19-10-14-9-15(29-18(14)12-28-19)11-22(23(24,25)26,36-37(31,32)33)13-21(2,3)17-8-6-5-7-16(17)20(27)30/h5-10,12,29H,4,11,13H2,1-3H3,(H2,27,30)(H2,31,32,33)/t22-/m0/s1. The molecule has 2 heterocycles. The van der Waals surface area contributed by atoms with Gasteiger partial charge < -0.3 is 20.5 Å². The Morgan fingerprint density at radius 3 is 2.37 bits per heavy atom. The smallest absolute Gasteiger partial charge is 0.366 e. The van der Waals surface area contributed by atoms with Crippen molar-refractivity contribution in [3.8, 4) is 0 Å². The number of nitrogens with zero attached hydrogens (tertiary/aromatic N) is 1. The molecule has 3 rings (SSSR count). The maximum absolute atomic E-state index is 14.8. The molecule has 208 valence electrons. The van der Waals surface area contributed by atoms with Gasteiger partial charge in [-0.05, 0) is 35.6 Å². The number of aromatic amines is 1. The second kappa shape index (κ2) is 10.1. The molecular weight excluding hydrogens is 550 g/mol. The van der Waals surface area contributed by atoms with Crippen LogP contribution in [0.5, 0.6) is 0 Å². The molecule has 0 fully saturated rings. The van der Waals surface area contributed by atoms with E-state index in [1.54, 1.807) is 0 Å². The number of nitrogens with two attached hydrogens (primary N) is 1. The molecule has 10 nitrogen and oxygen atoms in total. The van der Waals surface area contributed by atoms with Crippen LogP contribution in [0.4, 0.5) is 13.2 Å². The monoisotopic (exact) mass is 577 g/mol. The number of fused-ring (bicyclic) bond motifs is 1. The van der Waals surface area contributed by atoms with Gasteiger partial charge in [-0.3, -0.25) is 9.32 Å². The van der Waals surface area contributed by atoms with E-state index >= 15 is 0 Å². The lowest BCUT2D eigenvalue weighted by molar-refractivity contribution is -0.259. The van der Waals surface area contributed by atoms with Gasteiger partial charge in [0.25, 0.3) is 0 Å². The third-order valence-corrected chi connectivity index (χ3v) is 8.38. The molecule has 2 aromatic heterocycles. The molecule has 38 heavy (non-hydrogen) atoms. The Bertz CT molecular complexity index is 1520. The molecule has 0 bridgehead atoms. The number of H-pyrrole nitrogens is 1. The minimum absolute atomic E-state index is 0.0499. The predicted molar refractivity (Wildman–Crippen MR) is 132 cm³/mol. The summed E-state index contributed by atoms with van der Waals surface area (Å²) in [6, 6.07) is 8.15. The van der Waals surface area contributed by atoms with Gasteiger partial charge in [0, 0.05) is 23.1 Å². The predicted octanol–water partition coefficient (Wildman–Crippen LogP) is 3.78. The van der Waals surface area contributed by atoms with Crippen molar-refractivity contribution >= 4 is 34.5 Å². The normalized spacial score (nSPS) is 14.9. The van der Waals surface area contributed by atoms with E-state index in [1.807, 2.05) is 0 Å². The average molecular weight is 578 g/mol. The van der Waals surface area contributed by atoms with Gasteiger partial charge in [0.15, 0.2) is 20.5 Å². The minimum Gasteiger partial charge on any atom is -0.366 e. The number of pyridine rings is 1. The number of phosphoric ester groups is 1. The number of sulfone groups is 1. The molecule has 1 aromatic carbocycles. The molecule has 1 amide bonds. The van der Waals surface area contributed by atoms with Gasteiger partial charge in [-0.2, -0.15) is 13.2 Å². The number of phosphoric acid groups is 1. The zero-order chi connectivity index (χ0) is 28.7. The SMILES string of the molecule is CCS(=O)(=O)c1cc2cc(C[C@@](CC(C)(C)c3ccccc3C(N)=O)(OP(=O)(O)O)C(F)(F)F)[nH]c2cn1. The number of halogens is 3. The van der Waals surface area contributed by atoms with E-state index in [0.29, 0.717) is 0 Å². The summed E-state index contributed by atoms with van der Waals surface area (Å²) in [7, 11) is -9.41. The van der Waals surface area contributed by atoms with Crippen LogP contribution >= 0.6 is 7.82 Å². The molecule has 0 saturated heterocycles. The first-order valence-electron chi connectivity index (χ1n) is 11.2. The molecule has 0 aliphatic rings. The molecule has 0 aliphatic heterocycles. The molecule has 0 saturated carbocycles. The van der Waals surface area contributed by atoms with Gasteiger partial charge in [-0.1, -0.05) is 39.0 Å². The summed E-state index contributed by atoms with van der Waals surface area (Å²) in [5, 5.41) is -0.0385. The van der Waals surface area contributed by atoms with Crippen LogP contribution in [0.25, 0.3) is 10.9 Å². The topological polar surface area (TPSA) is 173 Å². The summed E-state index contributed by atoms with van der Waals surface area (Å²) in [5.74, 6) is -1.12. The van der Waals surface area contributed by atoms with Gasteiger partial charge in [0.1, 0.15) is 0 Å². The van der Waals surface area contributed by atoms with Crippen LogP contribution in [0, 0.1) is 0 Å². The summed E-state index contributed by atoms with van der Waals surface area (Å²) in [5.41, 5.74) is 0.600. The number of carbonyl (C=O) groups excluding carboxylic acids is 1. The van der Waals surface area contributed by atoms with Gasteiger partial charge in [-0.25, -0.2) is 18.0 Å². The van der Waals surface area contributed by atoms with E-state index in [1.165, 1.54) is 57.2 Å². The molecule has 3 aromatic rings. The molecular formula is C23H27F3N3O7PS. The third-order valence-electron chi connectivity index (χ3n) is 6.17. The van der Waals surface area contributed by atoms with Crippen molar-refractivity contribution in [3.05, 3.63) is 59.4 Å². The van der Waals surface area contributed by atoms with Crippen molar-refractivity contribution in [2.45, 2.75) is 55.8 Å². The van der Waals surface area contributed by atoms with Crippen molar-refractivity contribution in [3.63, 3.8) is 0 Å². The van der Waals surface area contributed by atoms with E-state index in [0.717, 1.165) is 6.20 Å². The molecule has 0 aliphatic carbocycles. The van der Waals surface area contributed by atoms with Crippen LogP contribution in [0.3, 0.4) is 0 Å². The van der Waals surface area contributed by atoms with Crippen molar-refractivity contribution < 1.29 is 45.3 Å². The Labute approximate surface area is 216 Å². The molecule has 1 atom stereocenters. The minimum atomic E-state index is -5.72. The molecule has 0 radical (unpaired) electrons. The first-order chi connectivity index (χ1) is 17.3. The maximum atomic E-state index is 14.8. The summed E-state index contributed by atoms with van der Waals surface area (Å²) in [6.07, 6.45) is -6.25. The molecule has 5 N–H and O–H groups in total. The van der Waals surface area contributed by atoms with Gasteiger partial charge in [0.2, 0.25) is 5.91 Å². The number of amides is 1. The summed E-state index contributed by atoms with van der Waals surface area (Å²) in [6.45, 7) is 4.16. The summed E-state index contributed by atoms with van der Waals surface area (Å²) in [4.78, 5) is 37.6. The van der Waals surface area contributed by atoms with Crippen LogP contribution in [0.1, 0.15) is 48.8 Å². The zero-order valence-corrected chi connectivity index (χ0v) is 22.3. The Hall–Kier alpha value is -2.77. The number of carbonyl (C=O) groups is 1. The number of hydrogen-bond acceptors (Lipinski definition) is 6. The van der Waals surface area contributed by atoms with Crippen LogP contribution in [-0.2, 0) is 30.8 Å². The van der Waals surface area contributed by atoms with Crippen molar-refractivity contribution in [2.75, 3.05) is 5.75 Å². The van der Waals surface area contributed by atoms with Crippen LogP contribution in [0.15, 0.2) is 47.6 Å². The van der Waals surface area contributed by atoms with E-state index in [4.69, 9.17) is 5.73 Å². The lowest BCUT2D eigenvalue weighted by Gasteiger charge is -2.41. The largest absolute Gasteiger partial charge is 0.470 e. The van der Waals surface area contributed by atoms with E-state index in [-0.39, 0.29) is 38.5 Å². The number of alkyl halides is 3. The Morgan fingerprint density at radius 2 is 1.82 bits per heavy atom. The first-order valence-corrected chi connectivity index (χ1v) is 14.4. The highest BCUT2D eigenvalue weighted by atomic mass is 32.2. The number of rotatable bonds is 10. The lowest BCUT2D eigenvalue weighted by Crippen LogP contribution is -2.52. The fourth-order valence-electron chi connectivity index (χ4n) is 4.50. The Balaban J connectivity index is 2.16. The molecule has 15 heteroatoms. The third kappa shape index (κ3) is 6.26.